The van der Waals surface area contributed by atoms with Gasteiger partial charge in [0.05, 0.1) is 0 Å². The lowest BCUT2D eigenvalue weighted by atomic mass is 9.78. The highest BCUT2D eigenvalue weighted by Gasteiger charge is 2.22. The number of anilines is 1. The number of nitrogen functional groups attached to an aromatic ring is 1. The van der Waals surface area contributed by atoms with Crippen LogP contribution in [0.2, 0.25) is 0 Å². The lowest BCUT2D eigenvalue weighted by Gasteiger charge is -2.27. The second kappa shape index (κ2) is 4.21. The molecule has 2 rings (SSSR count). The third-order valence-corrected chi connectivity index (χ3v) is 3.43. The molecular formula is C13H18FN. The second-order valence-electron chi connectivity index (χ2n) is 4.74. The summed E-state index contributed by atoms with van der Waals surface area (Å²) in [6, 6.07) is 4.73. The summed E-state index contributed by atoms with van der Waals surface area (Å²) < 4.78 is 13.1. The Morgan fingerprint density at radius 2 is 2.13 bits per heavy atom. The first-order valence-electron chi connectivity index (χ1n) is 5.71. The van der Waals surface area contributed by atoms with Gasteiger partial charge in [-0.2, -0.15) is 0 Å². The molecule has 0 aliphatic heterocycles. The fourth-order valence-corrected chi connectivity index (χ4v) is 2.62. The zero-order valence-electron chi connectivity index (χ0n) is 9.17. The topological polar surface area (TPSA) is 26.0 Å². The van der Waals surface area contributed by atoms with E-state index in [1.54, 1.807) is 12.1 Å². The van der Waals surface area contributed by atoms with Gasteiger partial charge in [0.1, 0.15) is 5.82 Å². The maximum atomic E-state index is 13.1. The van der Waals surface area contributed by atoms with Crippen LogP contribution in [0.15, 0.2) is 18.2 Å². The van der Waals surface area contributed by atoms with Crippen LogP contribution in [0.1, 0.15) is 44.1 Å². The normalized spacial score (nSPS) is 26.5. The molecule has 2 atom stereocenters. The van der Waals surface area contributed by atoms with Gasteiger partial charge < -0.3 is 5.73 Å². The predicted octanol–water partition coefficient (Wildman–Crippen LogP) is 3.70. The highest BCUT2D eigenvalue weighted by atomic mass is 19.1. The van der Waals surface area contributed by atoms with Crippen molar-refractivity contribution in [1.82, 2.24) is 0 Å². The fraction of sp³-hybridized carbons (Fsp3) is 0.538. The minimum atomic E-state index is -0.169. The standard InChI is InChI=1S/C13H18FN/c1-9-3-2-4-10(7-9)12-8-11(14)5-6-13(12)15/h5-6,8-10H,2-4,7,15H2,1H3/t9-,10+/m1/s1. The Morgan fingerprint density at radius 3 is 2.87 bits per heavy atom. The van der Waals surface area contributed by atoms with Crippen molar-refractivity contribution in [1.29, 1.82) is 0 Å². The first kappa shape index (κ1) is 10.5. The van der Waals surface area contributed by atoms with Gasteiger partial charge in [0.25, 0.3) is 0 Å². The third kappa shape index (κ3) is 2.31. The largest absolute Gasteiger partial charge is 0.398 e. The van der Waals surface area contributed by atoms with E-state index in [2.05, 4.69) is 6.92 Å². The van der Waals surface area contributed by atoms with Gasteiger partial charge in [-0.05, 0) is 48.4 Å². The van der Waals surface area contributed by atoms with Crippen LogP contribution in [0.4, 0.5) is 10.1 Å². The first-order chi connectivity index (χ1) is 7.16. The number of benzene rings is 1. The Hall–Kier alpha value is -1.05. The van der Waals surface area contributed by atoms with Gasteiger partial charge in [-0.15, -0.1) is 0 Å². The Labute approximate surface area is 90.5 Å². The van der Waals surface area contributed by atoms with Gasteiger partial charge in [-0.25, -0.2) is 4.39 Å². The van der Waals surface area contributed by atoms with Crippen LogP contribution in [-0.2, 0) is 0 Å². The monoisotopic (exact) mass is 207 g/mol. The Kier molecular flexibility index (Phi) is 2.94. The van der Waals surface area contributed by atoms with Crippen LogP contribution >= 0.6 is 0 Å². The van der Waals surface area contributed by atoms with Crippen LogP contribution in [0, 0.1) is 11.7 Å². The van der Waals surface area contributed by atoms with Crippen molar-refractivity contribution in [3.05, 3.63) is 29.6 Å². The molecule has 1 aliphatic rings. The van der Waals surface area contributed by atoms with Gasteiger partial charge >= 0.3 is 0 Å². The molecule has 1 fully saturated rings. The van der Waals surface area contributed by atoms with E-state index in [-0.39, 0.29) is 5.82 Å². The van der Waals surface area contributed by atoms with E-state index >= 15 is 0 Å². The lowest BCUT2D eigenvalue weighted by Crippen LogP contribution is -2.13. The van der Waals surface area contributed by atoms with Crippen molar-refractivity contribution in [2.24, 2.45) is 5.92 Å². The molecule has 1 aliphatic carbocycles. The van der Waals surface area contributed by atoms with Crippen molar-refractivity contribution in [3.63, 3.8) is 0 Å². The lowest BCUT2D eigenvalue weighted by molar-refractivity contribution is 0.344. The van der Waals surface area contributed by atoms with Gasteiger partial charge in [-0.1, -0.05) is 19.8 Å². The summed E-state index contributed by atoms with van der Waals surface area (Å²) in [5.74, 6) is 1.04. The van der Waals surface area contributed by atoms with Crippen molar-refractivity contribution in [3.8, 4) is 0 Å². The Morgan fingerprint density at radius 1 is 1.33 bits per heavy atom. The average molecular weight is 207 g/mol. The number of hydrogen-bond donors (Lipinski definition) is 1. The van der Waals surface area contributed by atoms with Gasteiger partial charge in [-0.3, -0.25) is 0 Å². The van der Waals surface area contributed by atoms with Gasteiger partial charge in [0.15, 0.2) is 0 Å². The zero-order chi connectivity index (χ0) is 10.8. The van der Waals surface area contributed by atoms with Gasteiger partial charge in [0.2, 0.25) is 0 Å². The molecule has 0 aromatic heterocycles. The SMILES string of the molecule is C[C@@H]1CCC[C@H](c2cc(F)ccc2N)C1. The molecule has 1 saturated carbocycles. The van der Waals surface area contributed by atoms with Crippen LogP contribution in [-0.4, -0.2) is 0 Å². The number of nitrogens with two attached hydrogens (primary N) is 1. The summed E-state index contributed by atoms with van der Waals surface area (Å²) in [5.41, 5.74) is 7.66. The van der Waals surface area contributed by atoms with Gasteiger partial charge in [0, 0.05) is 5.69 Å². The van der Waals surface area contributed by atoms with Crippen molar-refractivity contribution in [2.75, 3.05) is 5.73 Å². The maximum Gasteiger partial charge on any atom is 0.123 e. The molecule has 0 amide bonds. The summed E-state index contributed by atoms with van der Waals surface area (Å²) in [4.78, 5) is 0. The van der Waals surface area contributed by atoms with E-state index in [9.17, 15) is 4.39 Å². The molecule has 1 aromatic carbocycles. The molecule has 82 valence electrons. The fourth-order valence-electron chi connectivity index (χ4n) is 2.62. The molecule has 0 bridgehead atoms. The molecule has 2 N–H and O–H groups in total. The third-order valence-electron chi connectivity index (χ3n) is 3.43. The molecule has 0 spiro atoms. The highest BCUT2D eigenvalue weighted by molar-refractivity contribution is 5.48. The Bertz CT molecular complexity index is 348. The van der Waals surface area contributed by atoms with E-state index in [0.29, 0.717) is 5.92 Å². The maximum absolute atomic E-state index is 13.1. The average Bonchev–Trinajstić information content (AvgIpc) is 2.22. The number of rotatable bonds is 1. The van der Waals surface area contributed by atoms with E-state index in [4.69, 9.17) is 5.73 Å². The summed E-state index contributed by atoms with van der Waals surface area (Å²) in [5, 5.41) is 0. The van der Waals surface area contributed by atoms with E-state index in [1.807, 2.05) is 0 Å². The molecule has 15 heavy (non-hydrogen) atoms. The van der Waals surface area contributed by atoms with Crippen molar-refractivity contribution >= 4 is 5.69 Å². The molecule has 0 unspecified atom stereocenters. The van der Waals surface area contributed by atoms with Crippen LogP contribution in [0.3, 0.4) is 0 Å². The predicted molar refractivity (Wildman–Crippen MR) is 61.2 cm³/mol. The summed E-state index contributed by atoms with van der Waals surface area (Å²) in [7, 11) is 0. The van der Waals surface area contributed by atoms with Crippen LogP contribution < -0.4 is 5.73 Å². The van der Waals surface area contributed by atoms with E-state index < -0.39 is 0 Å². The molecule has 0 heterocycles. The van der Waals surface area contributed by atoms with Crippen LogP contribution in [0.5, 0.6) is 0 Å². The minimum absolute atomic E-state index is 0.169. The van der Waals surface area contributed by atoms with Crippen LogP contribution in [0.25, 0.3) is 0 Å². The summed E-state index contributed by atoms with van der Waals surface area (Å²) >= 11 is 0. The quantitative estimate of drug-likeness (QED) is 0.698. The number of hydrogen-bond acceptors (Lipinski definition) is 1. The molecule has 0 saturated heterocycles. The minimum Gasteiger partial charge on any atom is -0.398 e. The smallest absolute Gasteiger partial charge is 0.123 e. The molecule has 1 aromatic rings. The highest BCUT2D eigenvalue weighted by Crippen LogP contribution is 2.38. The summed E-state index contributed by atoms with van der Waals surface area (Å²) in [6.45, 7) is 2.27. The van der Waals surface area contributed by atoms with Crippen molar-refractivity contribution in [2.45, 2.75) is 38.5 Å². The zero-order valence-corrected chi connectivity index (χ0v) is 9.17. The first-order valence-corrected chi connectivity index (χ1v) is 5.71. The molecular weight excluding hydrogens is 189 g/mol. The number of halogens is 1. The van der Waals surface area contributed by atoms with E-state index in [0.717, 1.165) is 30.0 Å². The Balaban J connectivity index is 2.24. The summed E-state index contributed by atoms with van der Waals surface area (Å²) in [6.07, 6.45) is 4.83. The second-order valence-corrected chi connectivity index (χ2v) is 4.74. The molecule has 0 radical (unpaired) electrons. The van der Waals surface area contributed by atoms with E-state index in [1.165, 1.54) is 18.9 Å². The van der Waals surface area contributed by atoms with Crippen molar-refractivity contribution < 1.29 is 4.39 Å². The molecule has 1 nitrogen and oxygen atoms in total. The molecule has 2 heteroatoms.